The van der Waals surface area contributed by atoms with Crippen LogP contribution in [0.25, 0.3) is 22.2 Å². The largest absolute Gasteiger partial charge is 0.352 e. The van der Waals surface area contributed by atoms with Gasteiger partial charge >= 0.3 is 0 Å². The topological polar surface area (TPSA) is 59.8 Å². The first-order valence-electron chi connectivity index (χ1n) is 9.10. The Kier molecular flexibility index (Phi) is 5.10. The molecule has 0 aliphatic heterocycles. The number of pyridine rings is 1. The maximum Gasteiger partial charge on any atom is 0.252 e. The van der Waals surface area contributed by atoms with E-state index in [0.717, 1.165) is 29.4 Å². The quantitative estimate of drug-likeness (QED) is 0.518. The number of hydrogen-bond acceptors (Lipinski definition) is 3. The molecule has 0 unspecified atom stereocenters. The van der Waals surface area contributed by atoms with Crippen molar-refractivity contribution in [3.8, 4) is 11.3 Å². The summed E-state index contributed by atoms with van der Waals surface area (Å²) in [6.07, 6.45) is 6.19. The lowest BCUT2D eigenvalue weighted by atomic mass is 10.0. The fourth-order valence-electron chi connectivity index (χ4n) is 3.11. The number of carbonyl (C=O) groups is 1. The number of hydrogen-bond donors (Lipinski definition) is 1. The van der Waals surface area contributed by atoms with Crippen LogP contribution >= 0.6 is 0 Å². The normalized spacial score (nSPS) is 10.9. The molecule has 0 atom stereocenters. The summed E-state index contributed by atoms with van der Waals surface area (Å²) in [5.74, 6) is -0.451. The number of benzene rings is 2. The van der Waals surface area contributed by atoms with Gasteiger partial charge in [0.2, 0.25) is 0 Å². The second-order valence-electron chi connectivity index (χ2n) is 6.49. The zero-order valence-corrected chi connectivity index (χ0v) is 15.2. The summed E-state index contributed by atoms with van der Waals surface area (Å²) in [6.45, 7) is 1.34. The summed E-state index contributed by atoms with van der Waals surface area (Å²) < 4.78 is 15.2. The molecule has 0 aliphatic rings. The molecule has 0 spiro atoms. The number of nitrogens with zero attached hydrogens (tertiary/aromatic N) is 3. The second-order valence-corrected chi connectivity index (χ2v) is 6.49. The fourth-order valence-corrected chi connectivity index (χ4v) is 3.11. The smallest absolute Gasteiger partial charge is 0.252 e. The number of para-hydroxylation sites is 1. The summed E-state index contributed by atoms with van der Waals surface area (Å²) in [4.78, 5) is 21.5. The molecule has 4 rings (SSSR count). The summed E-state index contributed by atoms with van der Waals surface area (Å²) in [6, 6.07) is 15.4. The predicted octanol–water partition coefficient (Wildman–Crippen LogP) is 4.06. The Bertz CT molecular complexity index is 1090. The van der Waals surface area contributed by atoms with E-state index in [9.17, 15) is 9.18 Å². The van der Waals surface area contributed by atoms with E-state index in [2.05, 4.69) is 15.3 Å². The highest BCUT2D eigenvalue weighted by atomic mass is 19.1. The molecule has 28 heavy (non-hydrogen) atoms. The Balaban J connectivity index is 1.57. The van der Waals surface area contributed by atoms with Crippen molar-refractivity contribution in [2.45, 2.75) is 13.0 Å². The Hall–Kier alpha value is -3.54. The van der Waals surface area contributed by atoms with E-state index in [1.165, 1.54) is 12.1 Å². The fraction of sp³-hybridized carbons (Fsp3) is 0.136. The number of carbonyl (C=O) groups excluding carboxylic acids is 1. The van der Waals surface area contributed by atoms with E-state index >= 15 is 0 Å². The van der Waals surface area contributed by atoms with Gasteiger partial charge in [0.1, 0.15) is 5.82 Å². The Morgan fingerprint density at radius 2 is 1.93 bits per heavy atom. The van der Waals surface area contributed by atoms with Gasteiger partial charge in [-0.05, 0) is 42.8 Å². The standard InChI is InChI=1S/C22H19FN4O/c23-17-8-6-16(7-9-17)21-14-19(18-4-1-2-5-20(18)26-21)22(28)25-10-3-12-27-13-11-24-15-27/h1-2,4-9,11,13-15H,3,10,12H2,(H,25,28). The number of nitrogens with one attached hydrogen (secondary N) is 1. The van der Waals surface area contributed by atoms with Crippen molar-refractivity contribution in [1.82, 2.24) is 19.9 Å². The molecule has 6 heteroatoms. The first-order valence-corrected chi connectivity index (χ1v) is 9.10. The average Bonchev–Trinajstić information content (AvgIpc) is 3.24. The van der Waals surface area contributed by atoms with E-state index in [0.29, 0.717) is 17.8 Å². The van der Waals surface area contributed by atoms with Crippen molar-refractivity contribution in [2.75, 3.05) is 6.54 Å². The Labute approximate surface area is 161 Å². The second kappa shape index (κ2) is 8.00. The maximum atomic E-state index is 13.2. The van der Waals surface area contributed by atoms with Gasteiger partial charge in [-0.25, -0.2) is 14.4 Å². The van der Waals surface area contributed by atoms with Crippen molar-refractivity contribution in [1.29, 1.82) is 0 Å². The lowest BCUT2D eigenvalue weighted by Gasteiger charge is -2.11. The van der Waals surface area contributed by atoms with Gasteiger partial charge in [0, 0.05) is 36.4 Å². The molecule has 5 nitrogen and oxygen atoms in total. The maximum absolute atomic E-state index is 13.2. The van der Waals surface area contributed by atoms with Crippen molar-refractivity contribution in [3.05, 3.63) is 84.7 Å². The number of imidazole rings is 1. The molecule has 0 saturated carbocycles. The van der Waals surface area contributed by atoms with Crippen LogP contribution < -0.4 is 5.32 Å². The van der Waals surface area contributed by atoms with Gasteiger partial charge in [0.25, 0.3) is 5.91 Å². The summed E-state index contributed by atoms with van der Waals surface area (Å²) in [5, 5.41) is 3.77. The van der Waals surface area contributed by atoms with Crippen LogP contribution in [0.3, 0.4) is 0 Å². The molecule has 0 saturated heterocycles. The van der Waals surface area contributed by atoms with Gasteiger partial charge in [0.15, 0.2) is 0 Å². The van der Waals surface area contributed by atoms with Crippen LogP contribution in [0, 0.1) is 5.82 Å². The van der Waals surface area contributed by atoms with Crippen molar-refractivity contribution < 1.29 is 9.18 Å². The Morgan fingerprint density at radius 1 is 1.11 bits per heavy atom. The minimum Gasteiger partial charge on any atom is -0.352 e. The van der Waals surface area contributed by atoms with Gasteiger partial charge in [-0.15, -0.1) is 0 Å². The highest BCUT2D eigenvalue weighted by Crippen LogP contribution is 2.25. The molecule has 0 fully saturated rings. The summed E-state index contributed by atoms with van der Waals surface area (Å²) >= 11 is 0. The molecule has 1 amide bonds. The van der Waals surface area contributed by atoms with Gasteiger partial charge < -0.3 is 9.88 Å². The number of aryl methyl sites for hydroxylation is 1. The third-order valence-corrected chi connectivity index (χ3v) is 4.54. The van der Waals surface area contributed by atoms with Crippen LogP contribution in [-0.2, 0) is 6.54 Å². The lowest BCUT2D eigenvalue weighted by Crippen LogP contribution is -2.25. The van der Waals surface area contributed by atoms with E-state index in [-0.39, 0.29) is 11.7 Å². The Morgan fingerprint density at radius 3 is 2.71 bits per heavy atom. The zero-order chi connectivity index (χ0) is 19.3. The number of amides is 1. The highest BCUT2D eigenvalue weighted by molar-refractivity contribution is 6.07. The summed E-state index contributed by atoms with van der Waals surface area (Å²) in [7, 11) is 0. The third-order valence-electron chi connectivity index (χ3n) is 4.54. The van der Waals surface area contributed by atoms with E-state index in [1.807, 2.05) is 35.0 Å². The van der Waals surface area contributed by atoms with Gasteiger partial charge in [0.05, 0.1) is 23.1 Å². The van der Waals surface area contributed by atoms with Gasteiger partial charge in [-0.2, -0.15) is 0 Å². The van der Waals surface area contributed by atoms with Gasteiger partial charge in [-0.1, -0.05) is 18.2 Å². The van der Waals surface area contributed by atoms with Crippen molar-refractivity contribution in [2.24, 2.45) is 0 Å². The van der Waals surface area contributed by atoms with Crippen LogP contribution in [0.15, 0.2) is 73.3 Å². The molecule has 1 N–H and O–H groups in total. The van der Waals surface area contributed by atoms with E-state index < -0.39 is 0 Å². The number of halogens is 1. The minimum absolute atomic E-state index is 0.146. The number of rotatable bonds is 6. The van der Waals surface area contributed by atoms with Crippen LogP contribution in [0.2, 0.25) is 0 Å². The first-order chi connectivity index (χ1) is 13.7. The molecule has 2 heterocycles. The zero-order valence-electron chi connectivity index (χ0n) is 15.2. The average molecular weight is 374 g/mol. The molecule has 2 aromatic heterocycles. The molecule has 0 aliphatic carbocycles. The molecular formula is C22H19FN4O. The predicted molar refractivity (Wildman–Crippen MR) is 106 cm³/mol. The number of aromatic nitrogens is 3. The molecule has 0 bridgehead atoms. The monoisotopic (exact) mass is 374 g/mol. The summed E-state index contributed by atoms with van der Waals surface area (Å²) in [5.41, 5.74) is 2.70. The lowest BCUT2D eigenvalue weighted by molar-refractivity contribution is 0.0954. The van der Waals surface area contributed by atoms with E-state index in [4.69, 9.17) is 0 Å². The molecular weight excluding hydrogens is 355 g/mol. The number of fused-ring (bicyclic) bond motifs is 1. The van der Waals surface area contributed by atoms with Crippen molar-refractivity contribution >= 4 is 16.8 Å². The van der Waals surface area contributed by atoms with Crippen LogP contribution in [0.5, 0.6) is 0 Å². The first kappa shape index (κ1) is 17.9. The van der Waals surface area contributed by atoms with Crippen LogP contribution in [0.1, 0.15) is 16.8 Å². The molecule has 4 aromatic rings. The van der Waals surface area contributed by atoms with Crippen LogP contribution in [0.4, 0.5) is 4.39 Å². The van der Waals surface area contributed by atoms with Crippen LogP contribution in [-0.4, -0.2) is 27.0 Å². The van der Waals surface area contributed by atoms with E-state index in [1.54, 1.807) is 30.7 Å². The SMILES string of the molecule is O=C(NCCCn1ccnc1)c1cc(-c2ccc(F)cc2)nc2ccccc12. The highest BCUT2D eigenvalue weighted by Gasteiger charge is 2.13. The van der Waals surface area contributed by atoms with Crippen molar-refractivity contribution in [3.63, 3.8) is 0 Å². The molecule has 0 radical (unpaired) electrons. The minimum atomic E-state index is -0.305. The van der Waals surface area contributed by atoms with Gasteiger partial charge in [-0.3, -0.25) is 4.79 Å². The molecule has 140 valence electrons. The third kappa shape index (κ3) is 3.91. The molecule has 2 aromatic carbocycles.